The number of rotatable bonds is 5. The summed E-state index contributed by atoms with van der Waals surface area (Å²) in [5.74, 6) is 0.254. The number of likely N-dealkylation sites (tertiary alicyclic amines) is 1. The standard InChI is InChI=1S/C22H31ClN4O3/c1-21(2,19(28)17-11-16(23)10-14-12-25-26-18(14)17)15-4-8-27(9-5-15)20(29)24-13-22(30)6-3-7-22/h10-12,15,19,28,30H,3-9,13H2,1-2H3,(H,24,29)(H,25,26)/t19-/m1/s1. The van der Waals surface area contributed by atoms with E-state index < -0.39 is 17.1 Å². The van der Waals surface area contributed by atoms with Crippen molar-refractivity contribution in [3.8, 4) is 0 Å². The zero-order valence-corrected chi connectivity index (χ0v) is 18.4. The average molecular weight is 435 g/mol. The van der Waals surface area contributed by atoms with Crippen LogP contribution < -0.4 is 5.32 Å². The van der Waals surface area contributed by atoms with Crippen LogP contribution in [-0.4, -0.2) is 56.6 Å². The molecule has 2 aliphatic rings. The van der Waals surface area contributed by atoms with E-state index in [1.165, 1.54) is 0 Å². The number of nitrogens with one attached hydrogen (secondary N) is 2. The second-order valence-corrected chi connectivity index (χ2v) is 9.99. The van der Waals surface area contributed by atoms with E-state index in [2.05, 4.69) is 29.4 Å². The van der Waals surface area contributed by atoms with Gasteiger partial charge in [-0.15, -0.1) is 0 Å². The van der Waals surface area contributed by atoms with Crippen LogP contribution in [0.15, 0.2) is 18.3 Å². The zero-order valence-electron chi connectivity index (χ0n) is 17.6. The minimum atomic E-state index is -0.713. The van der Waals surface area contributed by atoms with Gasteiger partial charge in [0.05, 0.1) is 23.4 Å². The number of carbonyl (C=O) groups excluding carboxylic acids is 1. The second kappa shape index (κ2) is 8.02. The first kappa shape index (κ1) is 21.4. The van der Waals surface area contributed by atoms with Crippen molar-refractivity contribution in [1.29, 1.82) is 0 Å². The summed E-state index contributed by atoms with van der Waals surface area (Å²) in [5, 5.41) is 32.9. The summed E-state index contributed by atoms with van der Waals surface area (Å²) in [6.45, 7) is 5.76. The molecular formula is C22H31ClN4O3. The molecule has 1 aromatic carbocycles. The molecule has 0 bridgehead atoms. The number of benzene rings is 1. The molecule has 2 heterocycles. The van der Waals surface area contributed by atoms with Crippen LogP contribution in [0.2, 0.25) is 5.02 Å². The number of carbonyl (C=O) groups is 1. The Hall–Kier alpha value is -1.83. The minimum absolute atomic E-state index is 0.110. The molecule has 0 unspecified atom stereocenters. The Balaban J connectivity index is 1.39. The second-order valence-electron chi connectivity index (χ2n) is 9.55. The van der Waals surface area contributed by atoms with Gasteiger partial charge in [0.1, 0.15) is 0 Å². The van der Waals surface area contributed by atoms with Gasteiger partial charge in [-0.05, 0) is 55.6 Å². The van der Waals surface area contributed by atoms with Crippen LogP contribution in [0, 0.1) is 11.3 Å². The van der Waals surface area contributed by atoms with Crippen LogP contribution in [-0.2, 0) is 0 Å². The Morgan fingerprint density at radius 1 is 1.40 bits per heavy atom. The molecule has 1 aliphatic carbocycles. The van der Waals surface area contributed by atoms with Gasteiger partial charge in [0, 0.05) is 35.6 Å². The van der Waals surface area contributed by atoms with Gasteiger partial charge in [-0.1, -0.05) is 25.4 Å². The quantitative estimate of drug-likeness (QED) is 0.577. The molecule has 1 saturated carbocycles. The molecule has 2 amide bonds. The fraction of sp³-hybridized carbons (Fsp3) is 0.636. The number of hydrogen-bond acceptors (Lipinski definition) is 4. The Bertz CT molecular complexity index is 916. The van der Waals surface area contributed by atoms with Crippen LogP contribution in [0.4, 0.5) is 4.79 Å². The summed E-state index contributed by atoms with van der Waals surface area (Å²) in [6, 6.07) is 3.53. The normalized spacial score (nSPS) is 20.8. The lowest BCUT2D eigenvalue weighted by Crippen LogP contribution is -2.53. The maximum Gasteiger partial charge on any atom is 0.317 e. The first-order valence-electron chi connectivity index (χ1n) is 10.8. The molecule has 2 fully saturated rings. The predicted octanol–water partition coefficient (Wildman–Crippen LogP) is 3.61. The van der Waals surface area contributed by atoms with Crippen molar-refractivity contribution in [2.75, 3.05) is 19.6 Å². The lowest BCUT2D eigenvalue weighted by molar-refractivity contribution is -0.0312. The van der Waals surface area contributed by atoms with E-state index in [1.807, 2.05) is 17.0 Å². The summed E-state index contributed by atoms with van der Waals surface area (Å²) < 4.78 is 0. The Morgan fingerprint density at radius 3 is 2.73 bits per heavy atom. The summed E-state index contributed by atoms with van der Waals surface area (Å²) in [4.78, 5) is 14.3. The van der Waals surface area contributed by atoms with E-state index in [-0.39, 0.29) is 11.9 Å². The van der Waals surface area contributed by atoms with E-state index in [1.54, 1.807) is 6.20 Å². The van der Waals surface area contributed by atoms with Crippen molar-refractivity contribution in [2.24, 2.45) is 11.3 Å². The molecule has 1 aromatic heterocycles. The summed E-state index contributed by atoms with van der Waals surface area (Å²) in [7, 11) is 0. The van der Waals surface area contributed by atoms with Crippen molar-refractivity contribution < 1.29 is 15.0 Å². The van der Waals surface area contributed by atoms with Gasteiger partial charge in [0.15, 0.2) is 0 Å². The molecular weight excluding hydrogens is 404 g/mol. The number of nitrogens with zero attached hydrogens (tertiary/aromatic N) is 2. The number of aliphatic hydroxyl groups excluding tert-OH is 1. The number of aliphatic hydroxyl groups is 2. The first-order valence-corrected chi connectivity index (χ1v) is 11.1. The van der Waals surface area contributed by atoms with Gasteiger partial charge in [-0.25, -0.2) is 4.79 Å². The lowest BCUT2D eigenvalue weighted by atomic mass is 9.68. The van der Waals surface area contributed by atoms with Crippen molar-refractivity contribution in [2.45, 2.75) is 57.7 Å². The third-order valence-corrected chi connectivity index (χ3v) is 7.45. The number of aromatic amines is 1. The van der Waals surface area contributed by atoms with Gasteiger partial charge in [-0.3, -0.25) is 5.10 Å². The van der Waals surface area contributed by atoms with E-state index in [0.717, 1.165) is 48.6 Å². The number of hydrogen-bond donors (Lipinski definition) is 4. The minimum Gasteiger partial charge on any atom is -0.388 e. The number of aromatic nitrogens is 2. The fourth-order valence-corrected chi connectivity index (χ4v) is 5.06. The number of halogens is 1. The molecule has 1 atom stereocenters. The Kier molecular flexibility index (Phi) is 5.72. The van der Waals surface area contributed by atoms with Gasteiger partial charge >= 0.3 is 6.03 Å². The van der Waals surface area contributed by atoms with E-state index in [4.69, 9.17) is 11.6 Å². The van der Waals surface area contributed by atoms with Crippen LogP contribution in [0.1, 0.15) is 57.6 Å². The molecule has 164 valence electrons. The molecule has 4 rings (SSSR count). The monoisotopic (exact) mass is 434 g/mol. The number of fused-ring (bicyclic) bond motifs is 1. The summed E-state index contributed by atoms with van der Waals surface area (Å²) in [5.41, 5.74) is 0.459. The van der Waals surface area contributed by atoms with Crippen molar-refractivity contribution in [3.63, 3.8) is 0 Å². The predicted molar refractivity (Wildman–Crippen MR) is 116 cm³/mol. The fourth-order valence-electron chi connectivity index (χ4n) is 4.83. The van der Waals surface area contributed by atoms with Crippen LogP contribution in [0.3, 0.4) is 0 Å². The number of H-pyrrole nitrogens is 1. The number of amides is 2. The molecule has 4 N–H and O–H groups in total. The highest BCUT2D eigenvalue weighted by molar-refractivity contribution is 6.31. The van der Waals surface area contributed by atoms with Crippen molar-refractivity contribution in [3.05, 3.63) is 28.9 Å². The highest BCUT2D eigenvalue weighted by Crippen LogP contribution is 2.46. The molecule has 0 spiro atoms. The average Bonchev–Trinajstić information content (AvgIpc) is 3.17. The van der Waals surface area contributed by atoms with Crippen LogP contribution in [0.5, 0.6) is 0 Å². The summed E-state index contributed by atoms with van der Waals surface area (Å²) >= 11 is 6.27. The molecule has 2 aromatic rings. The van der Waals surface area contributed by atoms with Crippen molar-refractivity contribution >= 4 is 28.5 Å². The highest BCUT2D eigenvalue weighted by atomic mass is 35.5. The smallest absolute Gasteiger partial charge is 0.317 e. The summed E-state index contributed by atoms with van der Waals surface area (Å²) in [6.07, 6.45) is 5.16. The molecule has 0 radical (unpaired) electrons. The lowest BCUT2D eigenvalue weighted by Gasteiger charge is -2.43. The number of piperidine rings is 1. The molecule has 8 heteroatoms. The van der Waals surface area contributed by atoms with Gasteiger partial charge in [0.2, 0.25) is 0 Å². The molecule has 1 saturated heterocycles. The maximum absolute atomic E-state index is 12.5. The molecule has 30 heavy (non-hydrogen) atoms. The SMILES string of the molecule is CC(C)(C1CCN(C(=O)NCC2(O)CCC2)CC1)[C@H](O)c1cc(Cl)cc2cn[nH]c12. The maximum atomic E-state index is 12.5. The third-order valence-electron chi connectivity index (χ3n) is 7.23. The van der Waals surface area contributed by atoms with E-state index in [9.17, 15) is 15.0 Å². The third kappa shape index (κ3) is 4.03. The first-order chi connectivity index (χ1) is 14.2. The van der Waals surface area contributed by atoms with Gasteiger partial charge in [0.25, 0.3) is 0 Å². The van der Waals surface area contributed by atoms with E-state index in [0.29, 0.717) is 24.7 Å². The highest BCUT2D eigenvalue weighted by Gasteiger charge is 2.41. The van der Waals surface area contributed by atoms with E-state index >= 15 is 0 Å². The molecule has 7 nitrogen and oxygen atoms in total. The number of urea groups is 1. The largest absolute Gasteiger partial charge is 0.388 e. The van der Waals surface area contributed by atoms with Crippen LogP contribution in [0.25, 0.3) is 10.9 Å². The van der Waals surface area contributed by atoms with Crippen molar-refractivity contribution in [1.82, 2.24) is 20.4 Å². The van der Waals surface area contributed by atoms with Gasteiger partial charge in [-0.2, -0.15) is 5.10 Å². The van der Waals surface area contributed by atoms with Crippen LogP contribution >= 0.6 is 11.6 Å². The van der Waals surface area contributed by atoms with Gasteiger partial charge < -0.3 is 20.4 Å². The Morgan fingerprint density at radius 2 is 2.10 bits per heavy atom. The topological polar surface area (TPSA) is 101 Å². The Labute approximate surface area is 181 Å². The zero-order chi connectivity index (χ0) is 21.5. The molecule has 1 aliphatic heterocycles.